The third-order valence-corrected chi connectivity index (χ3v) is 5.04. The Balaban J connectivity index is 2.37. The molecule has 0 saturated carbocycles. The Morgan fingerprint density at radius 1 is 0.889 bits per heavy atom. The molecule has 3 nitrogen and oxygen atoms in total. The molecule has 0 spiro atoms. The Morgan fingerprint density at radius 3 is 1.89 bits per heavy atom. The summed E-state index contributed by atoms with van der Waals surface area (Å²) in [6.07, 6.45) is 0. The Kier molecular flexibility index (Phi) is 3.85. The fraction of sp³-hybridized carbons (Fsp3) is 0.143. The number of hydrogen-bond acceptors (Lipinski definition) is 2. The SMILES string of the molecule is CN(C)[P@](=O)(Oc1ccccc1)c1ccccc1. The Bertz CT molecular complexity index is 540. The molecule has 0 heterocycles. The summed E-state index contributed by atoms with van der Waals surface area (Å²) in [5.41, 5.74) is 0. The van der Waals surface area contributed by atoms with Crippen molar-refractivity contribution in [2.24, 2.45) is 0 Å². The van der Waals surface area contributed by atoms with Gasteiger partial charge in [0.2, 0.25) is 0 Å². The largest absolute Gasteiger partial charge is 0.430 e. The van der Waals surface area contributed by atoms with Crippen LogP contribution in [0.4, 0.5) is 0 Å². The van der Waals surface area contributed by atoms with Gasteiger partial charge in [0.25, 0.3) is 0 Å². The number of rotatable bonds is 4. The van der Waals surface area contributed by atoms with Crippen LogP contribution < -0.4 is 9.83 Å². The van der Waals surface area contributed by atoms with Gasteiger partial charge in [-0.05, 0) is 38.4 Å². The first-order valence-corrected chi connectivity index (χ1v) is 7.29. The molecule has 0 aliphatic heterocycles. The Labute approximate surface area is 108 Å². The van der Waals surface area contributed by atoms with Crippen LogP contribution in [0, 0.1) is 0 Å². The summed E-state index contributed by atoms with van der Waals surface area (Å²) in [4.78, 5) is 0. The van der Waals surface area contributed by atoms with E-state index in [1.54, 1.807) is 30.9 Å². The van der Waals surface area contributed by atoms with Crippen molar-refractivity contribution in [1.29, 1.82) is 0 Å². The van der Waals surface area contributed by atoms with Gasteiger partial charge in [-0.2, -0.15) is 0 Å². The molecule has 0 N–H and O–H groups in total. The summed E-state index contributed by atoms with van der Waals surface area (Å²) in [5, 5.41) is 0.693. The van der Waals surface area contributed by atoms with Crippen LogP contribution in [-0.2, 0) is 4.57 Å². The van der Waals surface area contributed by atoms with Gasteiger partial charge in [-0.1, -0.05) is 36.4 Å². The number of nitrogens with zero attached hydrogens (tertiary/aromatic N) is 1. The summed E-state index contributed by atoms with van der Waals surface area (Å²) < 4.78 is 20.4. The lowest BCUT2D eigenvalue weighted by atomic mass is 10.3. The maximum Gasteiger partial charge on any atom is 0.349 e. The number of para-hydroxylation sites is 1. The molecule has 0 radical (unpaired) electrons. The third-order valence-electron chi connectivity index (χ3n) is 2.58. The van der Waals surface area contributed by atoms with E-state index in [0.717, 1.165) is 0 Å². The van der Waals surface area contributed by atoms with Gasteiger partial charge in [-0.3, -0.25) is 4.57 Å². The average molecular weight is 261 g/mol. The quantitative estimate of drug-likeness (QED) is 0.792. The van der Waals surface area contributed by atoms with Gasteiger partial charge in [-0.25, -0.2) is 4.67 Å². The van der Waals surface area contributed by atoms with Crippen molar-refractivity contribution in [1.82, 2.24) is 4.67 Å². The molecule has 1 atom stereocenters. The van der Waals surface area contributed by atoms with Crippen molar-refractivity contribution in [2.75, 3.05) is 14.1 Å². The number of benzene rings is 2. The van der Waals surface area contributed by atoms with Crippen LogP contribution in [0.5, 0.6) is 5.75 Å². The second kappa shape index (κ2) is 5.38. The maximum atomic E-state index is 13.0. The topological polar surface area (TPSA) is 29.5 Å². The first-order valence-electron chi connectivity index (χ1n) is 5.71. The molecule has 0 saturated heterocycles. The minimum atomic E-state index is -3.03. The van der Waals surface area contributed by atoms with Crippen LogP contribution in [0.3, 0.4) is 0 Å². The first-order chi connectivity index (χ1) is 8.63. The lowest BCUT2D eigenvalue weighted by Gasteiger charge is -2.25. The van der Waals surface area contributed by atoms with Gasteiger partial charge in [-0.15, -0.1) is 0 Å². The molecule has 0 fully saturated rings. The summed E-state index contributed by atoms with van der Waals surface area (Å²) in [6, 6.07) is 18.5. The zero-order valence-corrected chi connectivity index (χ0v) is 11.4. The lowest BCUT2D eigenvalue weighted by molar-refractivity contribution is 0.429. The van der Waals surface area contributed by atoms with Crippen LogP contribution in [0.15, 0.2) is 60.7 Å². The van der Waals surface area contributed by atoms with Crippen molar-refractivity contribution in [3.8, 4) is 5.75 Å². The van der Waals surface area contributed by atoms with Crippen LogP contribution in [-0.4, -0.2) is 18.8 Å². The minimum Gasteiger partial charge on any atom is -0.430 e. The molecule has 18 heavy (non-hydrogen) atoms. The molecular formula is C14H16NO2P. The predicted octanol–water partition coefficient (Wildman–Crippen LogP) is 3.15. The third kappa shape index (κ3) is 2.63. The van der Waals surface area contributed by atoms with Gasteiger partial charge in [0.1, 0.15) is 5.75 Å². The molecule has 0 aromatic heterocycles. The van der Waals surface area contributed by atoms with E-state index >= 15 is 0 Å². The van der Waals surface area contributed by atoms with Crippen molar-refractivity contribution in [3.05, 3.63) is 60.7 Å². The molecular weight excluding hydrogens is 245 g/mol. The molecule has 0 bridgehead atoms. The van der Waals surface area contributed by atoms with Crippen molar-refractivity contribution >= 4 is 12.8 Å². The second-order valence-electron chi connectivity index (χ2n) is 4.11. The highest BCUT2D eigenvalue weighted by molar-refractivity contribution is 7.65. The fourth-order valence-corrected chi connectivity index (χ4v) is 3.29. The minimum absolute atomic E-state index is 0.610. The zero-order chi connectivity index (χ0) is 13.0. The predicted molar refractivity (Wildman–Crippen MR) is 74.4 cm³/mol. The van der Waals surface area contributed by atoms with Gasteiger partial charge in [0.05, 0.1) is 5.30 Å². The van der Waals surface area contributed by atoms with E-state index in [2.05, 4.69) is 0 Å². The Hall–Kier alpha value is -1.57. The molecule has 0 unspecified atom stereocenters. The molecule has 0 amide bonds. The van der Waals surface area contributed by atoms with Crippen molar-refractivity contribution in [2.45, 2.75) is 0 Å². The van der Waals surface area contributed by atoms with E-state index in [1.807, 2.05) is 48.5 Å². The Morgan fingerprint density at radius 2 is 1.39 bits per heavy atom. The van der Waals surface area contributed by atoms with E-state index in [1.165, 1.54) is 0 Å². The summed E-state index contributed by atoms with van der Waals surface area (Å²) in [7, 11) is 0.489. The summed E-state index contributed by atoms with van der Waals surface area (Å²) >= 11 is 0. The van der Waals surface area contributed by atoms with E-state index in [-0.39, 0.29) is 0 Å². The highest BCUT2D eigenvalue weighted by Gasteiger charge is 2.30. The lowest BCUT2D eigenvalue weighted by Crippen LogP contribution is -2.22. The molecule has 0 aliphatic rings. The highest BCUT2D eigenvalue weighted by atomic mass is 31.2. The highest BCUT2D eigenvalue weighted by Crippen LogP contribution is 2.47. The van der Waals surface area contributed by atoms with E-state index in [9.17, 15) is 4.57 Å². The standard InChI is InChI=1S/C14H16NO2P/c1-15(2)18(16,14-11-7-4-8-12-14)17-13-9-5-3-6-10-13/h3-12H,1-2H3/t18-/m1/s1. The second-order valence-corrected chi connectivity index (χ2v) is 6.65. The molecule has 0 aliphatic carbocycles. The van der Waals surface area contributed by atoms with Crippen LogP contribution in [0.1, 0.15) is 0 Å². The first kappa shape index (κ1) is 12.9. The monoisotopic (exact) mass is 261 g/mol. The normalized spacial score (nSPS) is 14.2. The van der Waals surface area contributed by atoms with Gasteiger partial charge in [0, 0.05) is 0 Å². The van der Waals surface area contributed by atoms with Crippen LogP contribution in [0.2, 0.25) is 0 Å². The van der Waals surface area contributed by atoms with Crippen LogP contribution in [0.25, 0.3) is 0 Å². The van der Waals surface area contributed by atoms with Crippen molar-refractivity contribution in [3.63, 3.8) is 0 Å². The molecule has 2 rings (SSSR count). The fourth-order valence-electron chi connectivity index (χ4n) is 1.61. The van der Waals surface area contributed by atoms with Gasteiger partial charge in [0.15, 0.2) is 0 Å². The van der Waals surface area contributed by atoms with Crippen LogP contribution >= 0.6 is 7.52 Å². The molecule has 2 aromatic rings. The van der Waals surface area contributed by atoms with E-state index < -0.39 is 7.52 Å². The molecule has 2 aromatic carbocycles. The average Bonchev–Trinajstić information content (AvgIpc) is 2.40. The summed E-state index contributed by atoms with van der Waals surface area (Å²) in [6.45, 7) is 0. The smallest absolute Gasteiger partial charge is 0.349 e. The van der Waals surface area contributed by atoms with Gasteiger partial charge >= 0.3 is 7.52 Å². The summed E-state index contributed by atoms with van der Waals surface area (Å²) in [5.74, 6) is 0.610. The van der Waals surface area contributed by atoms with Crippen molar-refractivity contribution < 1.29 is 9.09 Å². The number of hydrogen-bond donors (Lipinski definition) is 0. The van der Waals surface area contributed by atoms with E-state index in [4.69, 9.17) is 4.52 Å². The molecule has 94 valence electrons. The van der Waals surface area contributed by atoms with Gasteiger partial charge < -0.3 is 4.52 Å². The zero-order valence-electron chi connectivity index (χ0n) is 10.5. The van der Waals surface area contributed by atoms with E-state index in [0.29, 0.717) is 11.1 Å². The maximum absolute atomic E-state index is 13.0. The molecule has 4 heteroatoms.